The van der Waals surface area contributed by atoms with Gasteiger partial charge in [-0.05, 0) is 36.4 Å². The van der Waals surface area contributed by atoms with Crippen LogP contribution in [0.3, 0.4) is 0 Å². The van der Waals surface area contributed by atoms with Crippen molar-refractivity contribution < 1.29 is 13.2 Å². The van der Waals surface area contributed by atoms with Gasteiger partial charge in [0.1, 0.15) is 0 Å². The Bertz CT molecular complexity index is 1010. The maximum Gasteiger partial charge on any atom is 0.281 e. The van der Waals surface area contributed by atoms with Gasteiger partial charge in [0, 0.05) is 11.3 Å². The largest absolute Gasteiger partial charge is 0.368 e. The number of nitrogens with two attached hydrogens (primary N) is 2. The van der Waals surface area contributed by atoms with Crippen molar-refractivity contribution >= 4 is 33.5 Å². The van der Waals surface area contributed by atoms with Gasteiger partial charge in [-0.15, -0.1) is 5.10 Å². The summed E-state index contributed by atoms with van der Waals surface area (Å²) < 4.78 is 23.5. The number of carbonyl (C=O) groups is 1. The number of anilines is 3. The molecule has 2 aromatic carbocycles. The van der Waals surface area contributed by atoms with Gasteiger partial charge in [-0.2, -0.15) is 9.67 Å². The smallest absolute Gasteiger partial charge is 0.281 e. The first kappa shape index (κ1) is 16.6. The lowest BCUT2D eigenvalue weighted by Crippen LogP contribution is -2.16. The first-order valence-corrected chi connectivity index (χ1v) is 8.61. The van der Waals surface area contributed by atoms with Crippen molar-refractivity contribution in [3.05, 3.63) is 60.2 Å². The summed E-state index contributed by atoms with van der Waals surface area (Å²) >= 11 is 0. The summed E-state index contributed by atoms with van der Waals surface area (Å²) in [5, 5.41) is 11.9. The molecule has 10 heteroatoms. The number of nitrogen functional groups attached to an aromatic ring is 1. The molecule has 3 aromatic rings. The van der Waals surface area contributed by atoms with Crippen LogP contribution < -0.4 is 16.2 Å². The van der Waals surface area contributed by atoms with E-state index < -0.39 is 15.9 Å². The van der Waals surface area contributed by atoms with Gasteiger partial charge in [-0.25, -0.2) is 13.6 Å². The standard InChI is InChI=1S/C15H14N6O3S/c16-14-19-15(18-11-6-8-12(9-7-11)25(17,23)24)20-21(14)13(22)10-4-2-1-3-5-10/h1-9H,(H2,17,23,24)(H3,16,18,19,20). The van der Waals surface area contributed by atoms with Crippen molar-refractivity contribution in [2.24, 2.45) is 5.14 Å². The molecule has 0 saturated carbocycles. The fourth-order valence-electron chi connectivity index (χ4n) is 2.09. The van der Waals surface area contributed by atoms with Gasteiger partial charge in [0.15, 0.2) is 0 Å². The second-order valence-corrected chi connectivity index (χ2v) is 6.63. The summed E-state index contributed by atoms with van der Waals surface area (Å²) in [7, 11) is -3.76. The number of carbonyl (C=O) groups excluding carboxylic acids is 1. The molecule has 0 saturated heterocycles. The fraction of sp³-hybridized carbons (Fsp3) is 0. The Hall–Kier alpha value is -3.24. The molecule has 5 N–H and O–H groups in total. The summed E-state index contributed by atoms with van der Waals surface area (Å²) in [4.78, 5) is 16.3. The molecule has 0 aliphatic carbocycles. The molecule has 1 heterocycles. The van der Waals surface area contributed by atoms with Gasteiger partial charge >= 0.3 is 0 Å². The summed E-state index contributed by atoms with van der Waals surface area (Å²) in [5.41, 5.74) is 6.68. The third-order valence-corrected chi connectivity index (χ3v) is 4.21. The number of primary sulfonamides is 1. The van der Waals surface area contributed by atoms with Gasteiger partial charge in [0.2, 0.25) is 21.9 Å². The van der Waals surface area contributed by atoms with Gasteiger partial charge in [0.25, 0.3) is 5.91 Å². The molecule has 25 heavy (non-hydrogen) atoms. The third kappa shape index (κ3) is 3.65. The minimum absolute atomic E-state index is 0.0182. The highest BCUT2D eigenvalue weighted by Crippen LogP contribution is 2.17. The van der Waals surface area contributed by atoms with Crippen molar-refractivity contribution in [3.8, 4) is 0 Å². The van der Waals surface area contributed by atoms with Crippen molar-refractivity contribution in [1.82, 2.24) is 14.8 Å². The Labute approximate surface area is 143 Å². The maximum absolute atomic E-state index is 12.4. The van der Waals surface area contributed by atoms with Gasteiger partial charge < -0.3 is 11.1 Å². The fourth-order valence-corrected chi connectivity index (χ4v) is 2.60. The number of hydrogen-bond acceptors (Lipinski definition) is 7. The molecule has 0 fully saturated rings. The monoisotopic (exact) mass is 358 g/mol. The van der Waals surface area contributed by atoms with E-state index in [0.717, 1.165) is 4.68 Å². The average Bonchev–Trinajstić information content (AvgIpc) is 2.95. The quantitative estimate of drug-likeness (QED) is 0.629. The molecule has 0 bridgehead atoms. The number of nitrogens with one attached hydrogen (secondary N) is 1. The Balaban J connectivity index is 1.82. The number of rotatable bonds is 4. The van der Waals surface area contributed by atoms with Crippen molar-refractivity contribution in [1.29, 1.82) is 0 Å². The van der Waals surface area contributed by atoms with Crippen LogP contribution in [0.5, 0.6) is 0 Å². The molecule has 9 nitrogen and oxygen atoms in total. The van der Waals surface area contributed by atoms with Crippen LogP contribution in [0.2, 0.25) is 0 Å². The molecule has 0 atom stereocenters. The van der Waals surface area contributed by atoms with Gasteiger partial charge in [-0.1, -0.05) is 18.2 Å². The highest BCUT2D eigenvalue weighted by molar-refractivity contribution is 7.89. The van der Waals surface area contributed by atoms with E-state index >= 15 is 0 Å². The number of aromatic nitrogens is 3. The Morgan fingerprint density at radius 3 is 2.28 bits per heavy atom. The van der Waals surface area contributed by atoms with E-state index in [-0.39, 0.29) is 16.8 Å². The van der Waals surface area contributed by atoms with E-state index in [4.69, 9.17) is 10.9 Å². The second kappa shape index (κ2) is 6.34. The van der Waals surface area contributed by atoms with E-state index in [0.29, 0.717) is 11.3 Å². The van der Waals surface area contributed by atoms with E-state index in [1.807, 2.05) is 0 Å². The van der Waals surface area contributed by atoms with Crippen LogP contribution in [0.15, 0.2) is 59.5 Å². The minimum atomic E-state index is -3.76. The first-order valence-electron chi connectivity index (χ1n) is 7.07. The topological polar surface area (TPSA) is 146 Å². The van der Waals surface area contributed by atoms with Crippen molar-refractivity contribution in [3.63, 3.8) is 0 Å². The predicted octanol–water partition coefficient (Wildman–Crippen LogP) is 0.940. The molecule has 128 valence electrons. The van der Waals surface area contributed by atoms with Crippen LogP contribution in [0.25, 0.3) is 0 Å². The van der Waals surface area contributed by atoms with Crippen LogP contribution >= 0.6 is 0 Å². The summed E-state index contributed by atoms with van der Waals surface area (Å²) in [6, 6.07) is 14.2. The Morgan fingerprint density at radius 1 is 1.04 bits per heavy atom. The molecule has 0 radical (unpaired) electrons. The molecule has 1 aromatic heterocycles. The number of benzene rings is 2. The number of nitrogens with zero attached hydrogens (tertiary/aromatic N) is 3. The maximum atomic E-state index is 12.4. The van der Waals surface area contributed by atoms with Crippen molar-refractivity contribution in [2.75, 3.05) is 11.1 Å². The van der Waals surface area contributed by atoms with Gasteiger partial charge in [0.05, 0.1) is 4.90 Å². The Kier molecular flexibility index (Phi) is 4.21. The van der Waals surface area contributed by atoms with E-state index in [1.165, 1.54) is 24.3 Å². The lowest BCUT2D eigenvalue weighted by Gasteiger charge is -2.03. The highest BCUT2D eigenvalue weighted by atomic mass is 32.2. The van der Waals surface area contributed by atoms with E-state index in [9.17, 15) is 13.2 Å². The van der Waals surface area contributed by atoms with Crippen LogP contribution in [-0.2, 0) is 10.0 Å². The summed E-state index contributed by atoms with van der Waals surface area (Å²) in [6.07, 6.45) is 0. The number of hydrogen-bond donors (Lipinski definition) is 3. The zero-order valence-electron chi connectivity index (χ0n) is 12.8. The van der Waals surface area contributed by atoms with E-state index in [1.54, 1.807) is 30.3 Å². The van der Waals surface area contributed by atoms with Crippen molar-refractivity contribution in [2.45, 2.75) is 4.90 Å². The summed E-state index contributed by atoms with van der Waals surface area (Å²) in [5.74, 6) is -0.383. The highest BCUT2D eigenvalue weighted by Gasteiger charge is 2.16. The van der Waals surface area contributed by atoms with Crippen LogP contribution in [0, 0.1) is 0 Å². The zero-order valence-corrected chi connectivity index (χ0v) is 13.6. The second-order valence-electron chi connectivity index (χ2n) is 5.07. The zero-order chi connectivity index (χ0) is 18.0. The summed E-state index contributed by atoms with van der Waals surface area (Å²) in [6.45, 7) is 0. The molecular formula is C15H14N6O3S. The average molecular weight is 358 g/mol. The van der Waals surface area contributed by atoms with Crippen LogP contribution in [-0.4, -0.2) is 29.1 Å². The van der Waals surface area contributed by atoms with Crippen LogP contribution in [0.1, 0.15) is 10.4 Å². The lowest BCUT2D eigenvalue weighted by atomic mass is 10.2. The first-order chi connectivity index (χ1) is 11.8. The SMILES string of the molecule is Nc1nc(Nc2ccc(S(N)(=O)=O)cc2)nn1C(=O)c1ccccc1. The molecule has 0 amide bonds. The lowest BCUT2D eigenvalue weighted by molar-refractivity contribution is 0.0948. The molecule has 0 aliphatic rings. The minimum Gasteiger partial charge on any atom is -0.368 e. The Morgan fingerprint density at radius 2 is 1.68 bits per heavy atom. The van der Waals surface area contributed by atoms with Crippen LogP contribution in [0.4, 0.5) is 17.6 Å². The number of sulfonamides is 1. The normalized spacial score (nSPS) is 11.2. The van der Waals surface area contributed by atoms with Gasteiger partial charge in [-0.3, -0.25) is 4.79 Å². The molecular weight excluding hydrogens is 344 g/mol. The molecule has 0 aliphatic heterocycles. The molecule has 0 spiro atoms. The molecule has 3 rings (SSSR count). The predicted molar refractivity (Wildman–Crippen MR) is 91.7 cm³/mol. The third-order valence-electron chi connectivity index (χ3n) is 3.28. The van der Waals surface area contributed by atoms with E-state index in [2.05, 4.69) is 15.4 Å². The molecule has 0 unspecified atom stereocenters.